The molecule has 0 spiro atoms. The first-order chi connectivity index (χ1) is 13.8. The number of aromatic nitrogens is 2. The maximum atomic E-state index is 13.3. The number of hydrogen-bond acceptors (Lipinski definition) is 4. The highest BCUT2D eigenvalue weighted by atomic mass is 32.2. The summed E-state index contributed by atoms with van der Waals surface area (Å²) in [5.41, 5.74) is 1.81. The van der Waals surface area contributed by atoms with E-state index in [-0.39, 0.29) is 5.56 Å². The minimum atomic E-state index is -3.59. The molecule has 0 saturated carbocycles. The number of nitrogens with one attached hydrogen (secondary N) is 1. The van der Waals surface area contributed by atoms with Gasteiger partial charge in [0, 0.05) is 18.0 Å². The van der Waals surface area contributed by atoms with Gasteiger partial charge in [-0.1, -0.05) is 30.3 Å². The fourth-order valence-electron chi connectivity index (χ4n) is 3.79. The van der Waals surface area contributed by atoms with Crippen LogP contribution < -0.4 is 10.5 Å². The van der Waals surface area contributed by atoms with Crippen LogP contribution in [0.15, 0.2) is 52.2 Å². The predicted octanol–water partition coefficient (Wildman–Crippen LogP) is 0.428. The number of piperazine rings is 1. The Balaban J connectivity index is 1.86. The molecule has 1 aromatic heterocycles. The highest BCUT2D eigenvalue weighted by Gasteiger charge is 2.30. The van der Waals surface area contributed by atoms with E-state index in [0.29, 0.717) is 45.6 Å². The van der Waals surface area contributed by atoms with E-state index in [0.717, 1.165) is 13.1 Å². The van der Waals surface area contributed by atoms with E-state index >= 15 is 0 Å². The third-order valence-corrected chi connectivity index (χ3v) is 7.65. The Morgan fingerprint density at radius 2 is 1.69 bits per heavy atom. The van der Waals surface area contributed by atoms with Crippen molar-refractivity contribution in [2.45, 2.75) is 11.8 Å². The number of aryl methyl sites for hydroxylation is 2. The largest absolute Gasteiger partial charge is 0.335 e. The Morgan fingerprint density at radius 3 is 2.38 bits per heavy atom. The second-order valence-corrected chi connectivity index (χ2v) is 9.57. The first-order valence-corrected chi connectivity index (χ1v) is 11.1. The van der Waals surface area contributed by atoms with Crippen LogP contribution in [0.3, 0.4) is 0 Å². The highest BCUT2D eigenvalue weighted by molar-refractivity contribution is 7.89. The van der Waals surface area contributed by atoms with Gasteiger partial charge < -0.3 is 4.90 Å². The summed E-state index contributed by atoms with van der Waals surface area (Å²) in [6.07, 6.45) is 0. The normalized spacial score (nSPS) is 16.4. The molecule has 2 aromatic carbocycles. The molecule has 4 rings (SSSR count). The van der Waals surface area contributed by atoms with Gasteiger partial charge in [0.25, 0.3) is 5.56 Å². The van der Waals surface area contributed by atoms with E-state index in [4.69, 9.17) is 0 Å². The Hall–Kier alpha value is -2.55. The average molecular weight is 414 g/mol. The highest BCUT2D eigenvalue weighted by Crippen LogP contribution is 2.29. The minimum absolute atomic E-state index is 0.177. The van der Waals surface area contributed by atoms with Crippen LogP contribution in [0.1, 0.15) is 5.56 Å². The van der Waals surface area contributed by atoms with E-state index in [2.05, 4.69) is 12.1 Å². The lowest BCUT2D eigenvalue weighted by molar-refractivity contribution is -0.883. The van der Waals surface area contributed by atoms with Crippen LogP contribution in [0.25, 0.3) is 22.0 Å². The van der Waals surface area contributed by atoms with Crippen LogP contribution in [0.2, 0.25) is 0 Å². The minimum Gasteiger partial charge on any atom is -0.335 e. The second kappa shape index (κ2) is 7.37. The van der Waals surface area contributed by atoms with Crippen molar-refractivity contribution in [3.8, 4) is 11.3 Å². The van der Waals surface area contributed by atoms with Gasteiger partial charge in [-0.2, -0.15) is 9.40 Å². The summed E-state index contributed by atoms with van der Waals surface area (Å²) in [4.78, 5) is 14.1. The van der Waals surface area contributed by atoms with Gasteiger partial charge in [-0.3, -0.25) is 4.79 Å². The average Bonchev–Trinajstić information content (AvgIpc) is 2.71. The molecule has 0 aliphatic carbocycles. The van der Waals surface area contributed by atoms with Crippen molar-refractivity contribution < 1.29 is 13.3 Å². The zero-order valence-corrected chi connectivity index (χ0v) is 17.7. The lowest BCUT2D eigenvalue weighted by Gasteiger charge is -2.29. The number of benzene rings is 2. The van der Waals surface area contributed by atoms with Crippen LogP contribution in [-0.2, 0) is 17.1 Å². The fourth-order valence-corrected chi connectivity index (χ4v) is 5.48. The third kappa shape index (κ3) is 3.48. The van der Waals surface area contributed by atoms with Gasteiger partial charge >= 0.3 is 0 Å². The van der Waals surface area contributed by atoms with Crippen LogP contribution in [-0.4, -0.2) is 55.7 Å². The Bertz CT molecular complexity index is 1240. The summed E-state index contributed by atoms with van der Waals surface area (Å²) < 4.78 is 29.5. The topological polar surface area (TPSA) is 76.7 Å². The van der Waals surface area contributed by atoms with Crippen molar-refractivity contribution in [2.75, 3.05) is 33.2 Å². The van der Waals surface area contributed by atoms with Crippen LogP contribution in [0.4, 0.5) is 0 Å². The number of nitrogens with zero attached hydrogens (tertiary/aromatic N) is 3. The molecule has 0 bridgehead atoms. The molecule has 1 N–H and O–H groups in total. The standard InChI is InChI=1S/C21H24N4O3S/c1-15-8-9-16(14-19(15)29(27,28)25-12-10-23(2)11-13-25)20-17-6-4-5-7-18(17)21(26)24(3)22-20/h4-9,14H,10-13H2,1-3H3/p+1. The molecular formula is C21H25N4O3S+. The van der Waals surface area contributed by atoms with Crippen LogP contribution in [0, 0.1) is 6.92 Å². The van der Waals surface area contributed by atoms with Gasteiger partial charge in [0.2, 0.25) is 10.0 Å². The first kappa shape index (κ1) is 19.8. The molecular weight excluding hydrogens is 388 g/mol. The summed E-state index contributed by atoms with van der Waals surface area (Å²) >= 11 is 0. The number of likely N-dealkylation sites (N-methyl/N-ethyl adjacent to an activating group) is 1. The zero-order valence-electron chi connectivity index (χ0n) is 16.8. The lowest BCUT2D eigenvalue weighted by atomic mass is 10.0. The maximum Gasteiger partial charge on any atom is 0.274 e. The van der Waals surface area contributed by atoms with Crippen LogP contribution >= 0.6 is 0 Å². The van der Waals surface area contributed by atoms with Crippen molar-refractivity contribution in [3.05, 3.63) is 58.4 Å². The number of sulfonamides is 1. The molecule has 0 amide bonds. The van der Waals surface area contributed by atoms with Crippen LogP contribution in [0.5, 0.6) is 0 Å². The van der Waals surface area contributed by atoms with Gasteiger partial charge in [-0.15, -0.1) is 0 Å². The number of hydrogen-bond donors (Lipinski definition) is 1. The molecule has 1 saturated heterocycles. The van der Waals surface area contributed by atoms with Crippen molar-refractivity contribution in [1.29, 1.82) is 0 Å². The Morgan fingerprint density at radius 1 is 1.03 bits per heavy atom. The molecule has 152 valence electrons. The second-order valence-electron chi connectivity index (χ2n) is 7.66. The number of rotatable bonds is 3. The molecule has 0 radical (unpaired) electrons. The van der Waals surface area contributed by atoms with E-state index < -0.39 is 10.0 Å². The van der Waals surface area contributed by atoms with Crippen molar-refractivity contribution in [2.24, 2.45) is 7.05 Å². The molecule has 7 nitrogen and oxygen atoms in total. The number of quaternary nitrogens is 1. The molecule has 1 aliphatic heterocycles. The smallest absolute Gasteiger partial charge is 0.274 e. The van der Waals surface area contributed by atoms with Gasteiger partial charge in [0.1, 0.15) is 0 Å². The maximum absolute atomic E-state index is 13.3. The van der Waals surface area contributed by atoms with E-state index in [1.54, 1.807) is 23.5 Å². The van der Waals surface area contributed by atoms with Crippen molar-refractivity contribution in [1.82, 2.24) is 14.1 Å². The summed E-state index contributed by atoms with van der Waals surface area (Å²) in [6.45, 7) is 4.43. The van der Waals surface area contributed by atoms with E-state index in [9.17, 15) is 13.2 Å². The molecule has 3 aromatic rings. The van der Waals surface area contributed by atoms with E-state index in [1.165, 1.54) is 9.58 Å². The van der Waals surface area contributed by atoms with Gasteiger partial charge in [-0.05, 0) is 24.6 Å². The van der Waals surface area contributed by atoms with E-state index in [1.807, 2.05) is 37.3 Å². The molecule has 1 fully saturated rings. The van der Waals surface area contributed by atoms with Gasteiger partial charge in [-0.25, -0.2) is 13.1 Å². The predicted molar refractivity (Wildman–Crippen MR) is 113 cm³/mol. The first-order valence-electron chi connectivity index (χ1n) is 9.67. The SMILES string of the molecule is Cc1ccc(-c2nn(C)c(=O)c3ccccc23)cc1S(=O)(=O)N1CC[NH+](C)CC1. The van der Waals surface area contributed by atoms with Gasteiger partial charge in [0.05, 0.1) is 49.2 Å². The summed E-state index contributed by atoms with van der Waals surface area (Å²) in [5.74, 6) is 0. The fraction of sp³-hybridized carbons (Fsp3) is 0.333. The van der Waals surface area contributed by atoms with Crippen molar-refractivity contribution >= 4 is 20.8 Å². The van der Waals surface area contributed by atoms with Gasteiger partial charge in [0.15, 0.2) is 0 Å². The molecule has 8 heteroatoms. The quantitative estimate of drug-likeness (QED) is 0.676. The number of fused-ring (bicyclic) bond motifs is 1. The Kier molecular flexibility index (Phi) is 5.02. The summed E-state index contributed by atoms with van der Waals surface area (Å²) in [6, 6.07) is 12.6. The molecule has 0 atom stereocenters. The summed E-state index contributed by atoms with van der Waals surface area (Å²) in [5, 5.41) is 5.71. The van der Waals surface area contributed by atoms with Crippen molar-refractivity contribution in [3.63, 3.8) is 0 Å². The molecule has 29 heavy (non-hydrogen) atoms. The summed E-state index contributed by atoms with van der Waals surface area (Å²) in [7, 11) is 0.0890. The third-order valence-electron chi connectivity index (χ3n) is 5.61. The lowest BCUT2D eigenvalue weighted by Crippen LogP contribution is -3.12. The molecule has 0 unspecified atom stereocenters. The monoisotopic (exact) mass is 413 g/mol. The Labute approximate surface area is 170 Å². The molecule has 2 heterocycles. The molecule has 1 aliphatic rings. The zero-order chi connectivity index (χ0) is 20.8.